The summed E-state index contributed by atoms with van der Waals surface area (Å²) in [6.45, 7) is 6.51. The first kappa shape index (κ1) is 25.3. The summed E-state index contributed by atoms with van der Waals surface area (Å²) in [6.07, 6.45) is 4.50. The van der Waals surface area contributed by atoms with Crippen LogP contribution in [0.2, 0.25) is 0 Å². The highest BCUT2D eigenvalue weighted by Crippen LogP contribution is 2.33. The highest BCUT2D eigenvalue weighted by Gasteiger charge is 2.40. The first-order valence-electron chi connectivity index (χ1n) is 12.7. The van der Waals surface area contributed by atoms with E-state index in [1.54, 1.807) is 39.3 Å². The standard InChI is InChI=1S/C26H38N4O5/c1-19(31)27-10-14-30(15-11-27)26(33)24(20-6-4-5-7-20)28-12-16-29(17-13-28)25(32)21-8-9-22(34-2)23(18-21)35-3/h8-9,18,20,24H,4-7,10-17H2,1-3H3/t24-/m0/s1. The third-order valence-corrected chi connectivity index (χ3v) is 7.76. The molecule has 2 heterocycles. The van der Waals surface area contributed by atoms with Crippen LogP contribution in [-0.2, 0) is 9.59 Å². The minimum absolute atomic E-state index is 0.0327. The van der Waals surface area contributed by atoms with Crippen LogP contribution in [0.25, 0.3) is 0 Å². The third kappa shape index (κ3) is 5.55. The van der Waals surface area contributed by atoms with Gasteiger partial charge >= 0.3 is 0 Å². The van der Waals surface area contributed by atoms with Gasteiger partial charge in [-0.2, -0.15) is 0 Å². The monoisotopic (exact) mass is 486 g/mol. The van der Waals surface area contributed by atoms with Gasteiger partial charge in [-0.1, -0.05) is 12.8 Å². The van der Waals surface area contributed by atoms with Gasteiger partial charge in [0.15, 0.2) is 11.5 Å². The van der Waals surface area contributed by atoms with Crippen molar-refractivity contribution in [1.29, 1.82) is 0 Å². The number of carbonyl (C=O) groups is 3. The molecule has 0 unspecified atom stereocenters. The fourth-order valence-electron chi connectivity index (χ4n) is 5.71. The van der Waals surface area contributed by atoms with E-state index in [-0.39, 0.29) is 23.8 Å². The maximum atomic E-state index is 13.7. The summed E-state index contributed by atoms with van der Waals surface area (Å²) in [7, 11) is 3.13. The second-order valence-electron chi connectivity index (χ2n) is 9.72. The summed E-state index contributed by atoms with van der Waals surface area (Å²) < 4.78 is 10.6. The highest BCUT2D eigenvalue weighted by atomic mass is 16.5. The molecule has 1 aliphatic carbocycles. The summed E-state index contributed by atoms with van der Waals surface area (Å²) in [5.41, 5.74) is 0.572. The Bertz CT molecular complexity index is 916. The van der Waals surface area contributed by atoms with Crippen molar-refractivity contribution in [2.24, 2.45) is 5.92 Å². The molecule has 9 heteroatoms. The zero-order chi connectivity index (χ0) is 24.9. The number of methoxy groups -OCH3 is 2. The molecule has 3 aliphatic rings. The molecule has 3 fully saturated rings. The Morgan fingerprint density at radius 1 is 0.800 bits per heavy atom. The lowest BCUT2D eigenvalue weighted by atomic mass is 9.94. The SMILES string of the molecule is COc1ccc(C(=O)N2CCN([C@H](C(=O)N3CCN(C(C)=O)CC3)C3CCCC3)CC2)cc1OC. The van der Waals surface area contributed by atoms with Gasteiger partial charge in [-0.05, 0) is 37.0 Å². The molecule has 35 heavy (non-hydrogen) atoms. The molecular formula is C26H38N4O5. The number of ether oxygens (including phenoxy) is 2. The van der Waals surface area contributed by atoms with Crippen LogP contribution in [0.3, 0.4) is 0 Å². The van der Waals surface area contributed by atoms with Gasteiger partial charge in [0.1, 0.15) is 0 Å². The van der Waals surface area contributed by atoms with E-state index in [0.29, 0.717) is 75.3 Å². The fourth-order valence-corrected chi connectivity index (χ4v) is 5.71. The zero-order valence-electron chi connectivity index (χ0n) is 21.2. The molecule has 9 nitrogen and oxygen atoms in total. The van der Waals surface area contributed by atoms with E-state index in [9.17, 15) is 14.4 Å². The number of hydrogen-bond donors (Lipinski definition) is 0. The van der Waals surface area contributed by atoms with Crippen LogP contribution >= 0.6 is 0 Å². The van der Waals surface area contributed by atoms with Crippen LogP contribution in [0.4, 0.5) is 0 Å². The highest BCUT2D eigenvalue weighted by molar-refractivity contribution is 5.95. The van der Waals surface area contributed by atoms with Gasteiger partial charge in [0.2, 0.25) is 11.8 Å². The lowest BCUT2D eigenvalue weighted by Gasteiger charge is -2.44. The maximum Gasteiger partial charge on any atom is 0.254 e. The van der Waals surface area contributed by atoms with Crippen LogP contribution in [0.5, 0.6) is 11.5 Å². The van der Waals surface area contributed by atoms with E-state index in [1.807, 2.05) is 14.7 Å². The Morgan fingerprint density at radius 3 is 1.94 bits per heavy atom. The topological polar surface area (TPSA) is 82.6 Å². The second kappa shape index (κ2) is 11.3. The predicted octanol–water partition coefficient (Wildman–Crippen LogP) is 1.71. The Labute approximate surface area is 207 Å². The number of carbonyl (C=O) groups excluding carboxylic acids is 3. The Kier molecular flexibility index (Phi) is 8.15. The molecule has 192 valence electrons. The molecule has 1 aromatic rings. The van der Waals surface area contributed by atoms with Crippen molar-refractivity contribution < 1.29 is 23.9 Å². The van der Waals surface area contributed by atoms with E-state index >= 15 is 0 Å². The van der Waals surface area contributed by atoms with Gasteiger partial charge < -0.3 is 24.2 Å². The number of hydrogen-bond acceptors (Lipinski definition) is 6. The van der Waals surface area contributed by atoms with Crippen LogP contribution in [0, 0.1) is 5.92 Å². The first-order valence-corrected chi connectivity index (χ1v) is 12.7. The largest absolute Gasteiger partial charge is 0.493 e. The minimum Gasteiger partial charge on any atom is -0.493 e. The first-order chi connectivity index (χ1) is 16.9. The van der Waals surface area contributed by atoms with E-state index in [1.165, 1.54) is 12.8 Å². The number of amides is 3. The third-order valence-electron chi connectivity index (χ3n) is 7.76. The van der Waals surface area contributed by atoms with Crippen LogP contribution in [-0.4, -0.2) is 110 Å². The molecule has 1 atom stereocenters. The van der Waals surface area contributed by atoms with Crippen molar-refractivity contribution in [1.82, 2.24) is 19.6 Å². The lowest BCUT2D eigenvalue weighted by Crippen LogP contribution is -2.60. The summed E-state index contributed by atoms with van der Waals surface area (Å²) in [6, 6.07) is 5.10. The van der Waals surface area contributed by atoms with Crippen molar-refractivity contribution in [3.05, 3.63) is 23.8 Å². The molecule has 2 aliphatic heterocycles. The quantitative estimate of drug-likeness (QED) is 0.609. The minimum atomic E-state index is -0.139. The Morgan fingerprint density at radius 2 is 1.37 bits per heavy atom. The molecule has 1 aromatic carbocycles. The van der Waals surface area contributed by atoms with Crippen LogP contribution in [0.1, 0.15) is 43.0 Å². The van der Waals surface area contributed by atoms with E-state index in [0.717, 1.165) is 12.8 Å². The van der Waals surface area contributed by atoms with E-state index in [2.05, 4.69) is 4.90 Å². The van der Waals surface area contributed by atoms with Crippen molar-refractivity contribution in [2.45, 2.75) is 38.6 Å². The summed E-state index contributed by atoms with van der Waals surface area (Å²) >= 11 is 0. The van der Waals surface area contributed by atoms with Gasteiger partial charge in [0.05, 0.1) is 20.3 Å². The van der Waals surface area contributed by atoms with Crippen molar-refractivity contribution in [3.8, 4) is 11.5 Å². The summed E-state index contributed by atoms with van der Waals surface area (Å²) in [4.78, 5) is 46.5. The van der Waals surface area contributed by atoms with Crippen molar-refractivity contribution >= 4 is 17.7 Å². The van der Waals surface area contributed by atoms with Gasteiger partial charge in [-0.25, -0.2) is 0 Å². The molecular weight excluding hydrogens is 448 g/mol. The average molecular weight is 487 g/mol. The molecule has 4 rings (SSSR count). The molecule has 0 radical (unpaired) electrons. The van der Waals surface area contributed by atoms with Crippen molar-refractivity contribution in [2.75, 3.05) is 66.6 Å². The maximum absolute atomic E-state index is 13.7. The van der Waals surface area contributed by atoms with Gasteiger partial charge in [0, 0.05) is 64.8 Å². The molecule has 0 N–H and O–H groups in total. The normalized spacial score (nSPS) is 20.6. The molecule has 3 amide bonds. The lowest BCUT2D eigenvalue weighted by molar-refractivity contribution is -0.144. The number of rotatable bonds is 6. The van der Waals surface area contributed by atoms with Crippen LogP contribution < -0.4 is 9.47 Å². The summed E-state index contributed by atoms with van der Waals surface area (Å²) in [5, 5.41) is 0. The number of piperazine rings is 2. The average Bonchev–Trinajstić information content (AvgIpc) is 3.42. The zero-order valence-corrected chi connectivity index (χ0v) is 21.2. The smallest absolute Gasteiger partial charge is 0.254 e. The summed E-state index contributed by atoms with van der Waals surface area (Å²) in [5.74, 6) is 1.72. The predicted molar refractivity (Wildman–Crippen MR) is 132 cm³/mol. The van der Waals surface area contributed by atoms with Gasteiger partial charge in [0.25, 0.3) is 5.91 Å². The number of nitrogens with zero attached hydrogens (tertiary/aromatic N) is 4. The Hall–Kier alpha value is -2.81. The van der Waals surface area contributed by atoms with Crippen molar-refractivity contribution in [3.63, 3.8) is 0 Å². The molecule has 2 saturated heterocycles. The molecule has 0 aromatic heterocycles. The second-order valence-corrected chi connectivity index (χ2v) is 9.72. The van der Waals surface area contributed by atoms with Gasteiger partial charge in [-0.15, -0.1) is 0 Å². The van der Waals surface area contributed by atoms with Crippen LogP contribution in [0.15, 0.2) is 18.2 Å². The Balaban J connectivity index is 1.41. The van der Waals surface area contributed by atoms with E-state index in [4.69, 9.17) is 9.47 Å². The van der Waals surface area contributed by atoms with E-state index < -0.39 is 0 Å². The van der Waals surface area contributed by atoms with Gasteiger partial charge in [-0.3, -0.25) is 19.3 Å². The number of benzene rings is 1. The molecule has 0 spiro atoms. The molecule has 0 bridgehead atoms. The fraction of sp³-hybridized carbons (Fsp3) is 0.654. The molecule has 1 saturated carbocycles.